The molecule has 1 rings (SSSR count). The topological polar surface area (TPSA) is 47.0 Å². The average molecular weight is 244 g/mol. The molecule has 90 valence electrons. The summed E-state index contributed by atoms with van der Waals surface area (Å²) in [5.74, 6) is 1.19. The van der Waals surface area contributed by atoms with Crippen molar-refractivity contribution >= 4 is 17.4 Å². The summed E-state index contributed by atoms with van der Waals surface area (Å²) in [6.45, 7) is 7.65. The molecule has 0 fully saturated rings. The van der Waals surface area contributed by atoms with E-state index < -0.39 is 0 Å². The highest BCUT2D eigenvalue weighted by atomic mass is 35.5. The first kappa shape index (κ1) is 13.2. The van der Waals surface area contributed by atoms with E-state index in [2.05, 4.69) is 29.4 Å². The standard InChI is InChI=1S/C11H18ClN3O/c1-4-16-7-9(8(2)3)13-11-6-5-10(12)14-15-11/h5-6,8-9H,4,7H2,1-3H3,(H,13,15). The lowest BCUT2D eigenvalue weighted by molar-refractivity contribution is 0.126. The van der Waals surface area contributed by atoms with Crippen molar-refractivity contribution in [1.29, 1.82) is 0 Å². The first-order valence-electron chi connectivity index (χ1n) is 5.47. The first-order valence-corrected chi connectivity index (χ1v) is 5.84. The second kappa shape index (κ2) is 6.66. The highest BCUT2D eigenvalue weighted by Crippen LogP contribution is 2.11. The van der Waals surface area contributed by atoms with Gasteiger partial charge in [0.2, 0.25) is 0 Å². The molecule has 0 spiro atoms. The van der Waals surface area contributed by atoms with Gasteiger partial charge in [-0.3, -0.25) is 0 Å². The third-order valence-corrected chi connectivity index (χ3v) is 2.47. The third kappa shape index (κ3) is 4.33. The van der Waals surface area contributed by atoms with E-state index in [1.165, 1.54) is 0 Å². The molecule has 1 aromatic rings. The van der Waals surface area contributed by atoms with Gasteiger partial charge in [0.05, 0.1) is 12.6 Å². The van der Waals surface area contributed by atoms with E-state index in [9.17, 15) is 0 Å². The van der Waals surface area contributed by atoms with Crippen LogP contribution in [-0.4, -0.2) is 29.5 Å². The molecule has 0 bridgehead atoms. The van der Waals surface area contributed by atoms with E-state index in [0.717, 1.165) is 12.4 Å². The number of aromatic nitrogens is 2. The molecule has 4 nitrogen and oxygen atoms in total. The highest BCUT2D eigenvalue weighted by Gasteiger charge is 2.13. The normalized spacial score (nSPS) is 12.8. The minimum absolute atomic E-state index is 0.232. The van der Waals surface area contributed by atoms with Crippen molar-refractivity contribution in [2.45, 2.75) is 26.8 Å². The SMILES string of the molecule is CCOCC(Nc1ccc(Cl)nn1)C(C)C. The maximum atomic E-state index is 5.67. The Morgan fingerprint density at radius 3 is 2.62 bits per heavy atom. The molecular weight excluding hydrogens is 226 g/mol. The van der Waals surface area contributed by atoms with Crippen LogP contribution >= 0.6 is 11.6 Å². The molecule has 0 aliphatic rings. The molecule has 1 atom stereocenters. The number of rotatable bonds is 6. The van der Waals surface area contributed by atoms with Crippen LogP contribution in [0.1, 0.15) is 20.8 Å². The minimum Gasteiger partial charge on any atom is -0.380 e. The van der Waals surface area contributed by atoms with Gasteiger partial charge < -0.3 is 10.1 Å². The van der Waals surface area contributed by atoms with E-state index in [-0.39, 0.29) is 6.04 Å². The largest absolute Gasteiger partial charge is 0.380 e. The summed E-state index contributed by atoms with van der Waals surface area (Å²) >= 11 is 5.67. The van der Waals surface area contributed by atoms with Gasteiger partial charge in [0.25, 0.3) is 0 Å². The van der Waals surface area contributed by atoms with Gasteiger partial charge in [-0.1, -0.05) is 25.4 Å². The molecule has 0 saturated carbocycles. The fourth-order valence-corrected chi connectivity index (χ4v) is 1.33. The van der Waals surface area contributed by atoms with Crippen molar-refractivity contribution in [3.63, 3.8) is 0 Å². The number of nitrogens with zero attached hydrogens (tertiary/aromatic N) is 2. The molecule has 0 radical (unpaired) electrons. The lowest BCUT2D eigenvalue weighted by atomic mass is 10.1. The molecule has 1 heterocycles. The van der Waals surface area contributed by atoms with Crippen LogP contribution in [0.4, 0.5) is 5.82 Å². The lowest BCUT2D eigenvalue weighted by Crippen LogP contribution is -2.31. The van der Waals surface area contributed by atoms with Crippen molar-refractivity contribution in [3.8, 4) is 0 Å². The average Bonchev–Trinajstić information content (AvgIpc) is 2.26. The number of halogens is 1. The molecule has 1 aromatic heterocycles. The molecular formula is C11H18ClN3O. The summed E-state index contributed by atoms with van der Waals surface area (Å²) in [5.41, 5.74) is 0. The Bertz CT molecular complexity index is 303. The molecule has 1 N–H and O–H groups in total. The molecule has 0 amide bonds. The van der Waals surface area contributed by atoms with Crippen molar-refractivity contribution < 1.29 is 4.74 Å². The third-order valence-electron chi connectivity index (χ3n) is 2.27. The molecule has 16 heavy (non-hydrogen) atoms. The Morgan fingerprint density at radius 2 is 2.12 bits per heavy atom. The van der Waals surface area contributed by atoms with Gasteiger partial charge in [0.15, 0.2) is 5.15 Å². The maximum Gasteiger partial charge on any atom is 0.151 e. The van der Waals surface area contributed by atoms with E-state index in [1.54, 1.807) is 6.07 Å². The van der Waals surface area contributed by atoms with Crippen molar-refractivity contribution in [1.82, 2.24) is 10.2 Å². The second-order valence-corrected chi connectivity index (χ2v) is 4.28. The Morgan fingerprint density at radius 1 is 1.38 bits per heavy atom. The highest BCUT2D eigenvalue weighted by molar-refractivity contribution is 6.29. The molecule has 1 unspecified atom stereocenters. The quantitative estimate of drug-likeness (QED) is 0.834. The lowest BCUT2D eigenvalue weighted by Gasteiger charge is -2.22. The molecule has 5 heteroatoms. The van der Waals surface area contributed by atoms with Gasteiger partial charge in [-0.25, -0.2) is 0 Å². The van der Waals surface area contributed by atoms with Crippen molar-refractivity contribution in [3.05, 3.63) is 17.3 Å². The van der Waals surface area contributed by atoms with Crippen LogP contribution in [0.5, 0.6) is 0 Å². The van der Waals surface area contributed by atoms with Crippen LogP contribution in [0, 0.1) is 5.92 Å². The van der Waals surface area contributed by atoms with Crippen molar-refractivity contribution in [2.75, 3.05) is 18.5 Å². The predicted molar refractivity (Wildman–Crippen MR) is 65.8 cm³/mol. The van der Waals surface area contributed by atoms with E-state index in [1.807, 2.05) is 13.0 Å². The monoisotopic (exact) mass is 243 g/mol. The van der Waals surface area contributed by atoms with E-state index in [4.69, 9.17) is 16.3 Å². The Labute approximate surface area is 101 Å². The summed E-state index contributed by atoms with van der Waals surface area (Å²) < 4.78 is 5.42. The summed E-state index contributed by atoms with van der Waals surface area (Å²) in [5, 5.41) is 11.4. The first-order chi connectivity index (χ1) is 7.63. The summed E-state index contributed by atoms with van der Waals surface area (Å²) in [6.07, 6.45) is 0. The van der Waals surface area contributed by atoms with Gasteiger partial charge >= 0.3 is 0 Å². The molecule has 0 aliphatic carbocycles. The van der Waals surface area contributed by atoms with Gasteiger partial charge in [-0.2, -0.15) is 0 Å². The zero-order chi connectivity index (χ0) is 12.0. The van der Waals surface area contributed by atoms with Gasteiger partial charge in [-0.15, -0.1) is 10.2 Å². The molecule has 0 saturated heterocycles. The Hall–Kier alpha value is -0.870. The fraction of sp³-hybridized carbons (Fsp3) is 0.636. The number of ether oxygens (including phenoxy) is 1. The maximum absolute atomic E-state index is 5.67. The molecule has 0 aliphatic heterocycles. The summed E-state index contributed by atoms with van der Waals surface area (Å²) in [7, 11) is 0. The minimum atomic E-state index is 0.232. The van der Waals surface area contributed by atoms with Crippen molar-refractivity contribution in [2.24, 2.45) is 5.92 Å². The van der Waals surface area contributed by atoms with Crippen LogP contribution in [-0.2, 0) is 4.74 Å². The summed E-state index contributed by atoms with van der Waals surface area (Å²) in [6, 6.07) is 3.77. The zero-order valence-electron chi connectivity index (χ0n) is 9.90. The smallest absolute Gasteiger partial charge is 0.151 e. The van der Waals surface area contributed by atoms with Crippen LogP contribution in [0.25, 0.3) is 0 Å². The second-order valence-electron chi connectivity index (χ2n) is 3.90. The van der Waals surface area contributed by atoms with Crippen LogP contribution < -0.4 is 5.32 Å². The van der Waals surface area contributed by atoms with Gasteiger partial charge in [-0.05, 0) is 25.0 Å². The Kier molecular flexibility index (Phi) is 5.49. The van der Waals surface area contributed by atoms with E-state index in [0.29, 0.717) is 17.7 Å². The van der Waals surface area contributed by atoms with Crippen LogP contribution in [0.3, 0.4) is 0 Å². The van der Waals surface area contributed by atoms with Crippen LogP contribution in [0.2, 0.25) is 5.15 Å². The number of hydrogen-bond acceptors (Lipinski definition) is 4. The fourth-order valence-electron chi connectivity index (χ4n) is 1.23. The number of nitrogens with one attached hydrogen (secondary N) is 1. The van der Waals surface area contributed by atoms with E-state index >= 15 is 0 Å². The van der Waals surface area contributed by atoms with Crippen LogP contribution in [0.15, 0.2) is 12.1 Å². The van der Waals surface area contributed by atoms with Gasteiger partial charge in [0.1, 0.15) is 5.82 Å². The van der Waals surface area contributed by atoms with Gasteiger partial charge in [0, 0.05) is 6.61 Å². The number of hydrogen-bond donors (Lipinski definition) is 1. The number of anilines is 1. The molecule has 0 aromatic carbocycles. The Balaban J connectivity index is 2.57. The summed E-state index contributed by atoms with van der Waals surface area (Å²) in [4.78, 5) is 0. The zero-order valence-corrected chi connectivity index (χ0v) is 10.7. The predicted octanol–water partition coefficient (Wildman–Crippen LogP) is 2.60.